The topological polar surface area (TPSA) is 92.3 Å². The summed E-state index contributed by atoms with van der Waals surface area (Å²) in [5.41, 5.74) is 6.83. The van der Waals surface area contributed by atoms with Crippen molar-refractivity contribution in [2.75, 3.05) is 12.3 Å². The Morgan fingerprint density at radius 1 is 1.42 bits per heavy atom. The number of hydrogen-bond acceptors (Lipinski definition) is 5. The van der Waals surface area contributed by atoms with Crippen LogP contribution in [0.1, 0.15) is 31.4 Å². The lowest BCUT2D eigenvalue weighted by atomic mass is 9.86. The summed E-state index contributed by atoms with van der Waals surface area (Å²) < 4.78 is 0. The van der Waals surface area contributed by atoms with Crippen molar-refractivity contribution in [1.29, 1.82) is 0 Å². The quantitative estimate of drug-likeness (QED) is 0.808. The van der Waals surface area contributed by atoms with Crippen molar-refractivity contribution in [2.45, 2.75) is 31.4 Å². The number of halogens is 1. The maximum atomic E-state index is 12.3. The van der Waals surface area contributed by atoms with Gasteiger partial charge in [-0.25, -0.2) is 9.97 Å². The summed E-state index contributed by atoms with van der Waals surface area (Å²) in [7, 11) is 0. The number of β-amino-alcohol motifs (C(OH)–C–C–N with tert-alkyl or cyclic N) is 1. The molecule has 1 aliphatic rings. The third kappa shape index (κ3) is 3.86. The van der Waals surface area contributed by atoms with Crippen LogP contribution >= 0.6 is 11.6 Å². The number of nitrogens with zero attached hydrogens (tertiary/aromatic N) is 3. The van der Waals surface area contributed by atoms with Crippen molar-refractivity contribution < 1.29 is 9.90 Å². The van der Waals surface area contributed by atoms with Crippen LogP contribution in [-0.2, 0) is 4.79 Å². The minimum absolute atomic E-state index is 0.202. The Balaban J connectivity index is 2.00. The number of rotatable bonds is 3. The molecule has 0 saturated carbocycles. The normalized spacial score (nSPS) is 22.9. The average molecular weight is 373 g/mol. The van der Waals surface area contributed by atoms with Crippen LogP contribution in [-0.4, -0.2) is 38.0 Å². The highest BCUT2D eigenvalue weighted by Gasteiger charge is 2.37. The molecule has 26 heavy (non-hydrogen) atoms. The van der Waals surface area contributed by atoms with E-state index in [1.165, 1.54) is 18.5 Å². The molecule has 0 aliphatic carbocycles. The lowest BCUT2D eigenvalue weighted by Crippen LogP contribution is -2.49. The number of carbonyl (C=O) groups excluding carboxylic acids is 1. The SMILES string of the molecule is C=CC(=O)N1C[C@](C)(O)CC[C@@H]1c1cc(Cl)cc(-c2ncc(N)cn2)c1. The standard InChI is InChI=1S/C19H21ClN4O2/c1-3-17(25)24-11-19(2,26)5-4-16(24)12-6-13(8-14(20)7-12)18-22-9-15(21)10-23-18/h3,6-10,16,26H,1,4-5,11,21H2,2H3/t16-,19-/m1/s1. The fourth-order valence-electron chi connectivity index (χ4n) is 3.28. The number of nitrogen functional groups attached to an aromatic ring is 1. The molecule has 3 rings (SSSR count). The van der Waals surface area contributed by atoms with E-state index >= 15 is 0 Å². The summed E-state index contributed by atoms with van der Waals surface area (Å²) in [6, 6.07) is 5.32. The lowest BCUT2D eigenvalue weighted by Gasteiger charge is -2.42. The number of likely N-dealkylation sites (tertiary alicyclic amines) is 1. The molecule has 6 nitrogen and oxygen atoms in total. The van der Waals surface area contributed by atoms with E-state index in [1.807, 2.05) is 12.1 Å². The van der Waals surface area contributed by atoms with Gasteiger partial charge in [0.15, 0.2) is 5.82 Å². The first-order valence-corrected chi connectivity index (χ1v) is 8.71. The monoisotopic (exact) mass is 372 g/mol. The second-order valence-electron chi connectivity index (χ2n) is 6.83. The number of aromatic nitrogens is 2. The van der Waals surface area contributed by atoms with Crippen molar-refractivity contribution in [2.24, 2.45) is 0 Å². The zero-order chi connectivity index (χ0) is 18.9. The molecule has 1 aromatic carbocycles. The molecule has 1 saturated heterocycles. The summed E-state index contributed by atoms with van der Waals surface area (Å²) in [6.07, 6.45) is 5.54. The van der Waals surface area contributed by atoms with E-state index in [-0.39, 0.29) is 18.5 Å². The highest BCUT2D eigenvalue weighted by Crippen LogP contribution is 2.37. The van der Waals surface area contributed by atoms with E-state index in [1.54, 1.807) is 17.9 Å². The number of benzene rings is 1. The number of piperidine rings is 1. The molecule has 3 N–H and O–H groups in total. The van der Waals surface area contributed by atoms with Crippen LogP contribution in [0.4, 0.5) is 5.69 Å². The smallest absolute Gasteiger partial charge is 0.246 e. The van der Waals surface area contributed by atoms with Gasteiger partial charge in [0.25, 0.3) is 0 Å². The van der Waals surface area contributed by atoms with E-state index in [9.17, 15) is 9.90 Å². The zero-order valence-electron chi connectivity index (χ0n) is 14.5. The minimum Gasteiger partial charge on any atom is -0.396 e. The molecule has 7 heteroatoms. The third-order valence-electron chi connectivity index (χ3n) is 4.54. The van der Waals surface area contributed by atoms with Crippen LogP contribution in [0.25, 0.3) is 11.4 Å². The van der Waals surface area contributed by atoms with Crippen LogP contribution in [0.2, 0.25) is 5.02 Å². The predicted molar refractivity (Wildman–Crippen MR) is 101 cm³/mol. The van der Waals surface area contributed by atoms with Gasteiger partial charge in [-0.1, -0.05) is 18.2 Å². The summed E-state index contributed by atoms with van der Waals surface area (Å²) in [6.45, 7) is 5.55. The average Bonchev–Trinajstić information content (AvgIpc) is 2.60. The second kappa shape index (κ2) is 7.05. The van der Waals surface area contributed by atoms with Crippen molar-refractivity contribution in [3.63, 3.8) is 0 Å². The molecule has 1 aromatic heterocycles. The first-order valence-electron chi connectivity index (χ1n) is 8.33. The first-order chi connectivity index (χ1) is 12.3. The van der Waals surface area contributed by atoms with Gasteiger partial charge in [-0.05, 0) is 49.6 Å². The maximum absolute atomic E-state index is 12.3. The summed E-state index contributed by atoms with van der Waals surface area (Å²) in [4.78, 5) is 22.5. The Labute approximate surface area is 157 Å². The molecule has 136 valence electrons. The van der Waals surface area contributed by atoms with Gasteiger partial charge in [0.1, 0.15) is 0 Å². The van der Waals surface area contributed by atoms with Crippen molar-refractivity contribution in [1.82, 2.24) is 14.9 Å². The van der Waals surface area contributed by atoms with Gasteiger partial charge in [0, 0.05) is 10.6 Å². The Morgan fingerprint density at radius 2 is 2.12 bits per heavy atom. The highest BCUT2D eigenvalue weighted by atomic mass is 35.5. The number of hydrogen-bond donors (Lipinski definition) is 2. The second-order valence-corrected chi connectivity index (χ2v) is 7.27. The van der Waals surface area contributed by atoms with Crippen molar-refractivity contribution >= 4 is 23.2 Å². The molecule has 1 fully saturated rings. The third-order valence-corrected chi connectivity index (χ3v) is 4.75. The molecule has 2 heterocycles. The molecule has 0 radical (unpaired) electrons. The number of carbonyl (C=O) groups is 1. The maximum Gasteiger partial charge on any atom is 0.246 e. The van der Waals surface area contributed by atoms with E-state index in [0.29, 0.717) is 29.4 Å². The van der Waals surface area contributed by atoms with E-state index in [0.717, 1.165) is 11.1 Å². The number of amides is 1. The Morgan fingerprint density at radius 3 is 2.77 bits per heavy atom. The van der Waals surface area contributed by atoms with Gasteiger partial charge in [0.05, 0.1) is 36.3 Å². The van der Waals surface area contributed by atoms with Gasteiger partial charge in [-0.3, -0.25) is 4.79 Å². The van der Waals surface area contributed by atoms with Crippen molar-refractivity contribution in [3.8, 4) is 11.4 Å². The van der Waals surface area contributed by atoms with Gasteiger partial charge in [0.2, 0.25) is 5.91 Å². The molecule has 0 unspecified atom stereocenters. The van der Waals surface area contributed by atoms with Crippen molar-refractivity contribution in [3.05, 3.63) is 53.8 Å². The van der Waals surface area contributed by atoms with Crippen LogP contribution in [0.5, 0.6) is 0 Å². The number of aliphatic hydroxyl groups is 1. The summed E-state index contributed by atoms with van der Waals surface area (Å²) in [5, 5.41) is 10.9. The molecular formula is C19H21ClN4O2. The van der Waals surface area contributed by atoms with Gasteiger partial charge >= 0.3 is 0 Å². The minimum atomic E-state index is -0.920. The molecule has 1 aliphatic heterocycles. The predicted octanol–water partition coefficient (Wildman–Crippen LogP) is 2.98. The molecule has 0 bridgehead atoms. The fraction of sp³-hybridized carbons (Fsp3) is 0.316. The lowest BCUT2D eigenvalue weighted by molar-refractivity contribution is -0.136. The number of anilines is 1. The Hall–Kier alpha value is -2.44. The summed E-state index contributed by atoms with van der Waals surface area (Å²) >= 11 is 6.31. The van der Waals surface area contributed by atoms with Gasteiger partial charge in [-0.2, -0.15) is 0 Å². The van der Waals surface area contributed by atoms with Crippen LogP contribution in [0.15, 0.2) is 43.2 Å². The largest absolute Gasteiger partial charge is 0.396 e. The van der Waals surface area contributed by atoms with E-state index < -0.39 is 5.60 Å². The summed E-state index contributed by atoms with van der Waals surface area (Å²) in [5.74, 6) is 0.285. The van der Waals surface area contributed by atoms with Crippen LogP contribution < -0.4 is 5.73 Å². The molecule has 0 spiro atoms. The molecular weight excluding hydrogens is 352 g/mol. The Bertz CT molecular complexity index is 836. The zero-order valence-corrected chi connectivity index (χ0v) is 15.3. The highest BCUT2D eigenvalue weighted by molar-refractivity contribution is 6.31. The van der Waals surface area contributed by atoms with Crippen LogP contribution in [0, 0.1) is 0 Å². The fourth-order valence-corrected chi connectivity index (χ4v) is 3.52. The molecule has 1 amide bonds. The Kier molecular flexibility index (Phi) is 4.98. The molecule has 2 aromatic rings. The first kappa shape index (κ1) is 18.4. The van der Waals surface area contributed by atoms with Gasteiger partial charge < -0.3 is 15.7 Å². The van der Waals surface area contributed by atoms with E-state index in [4.69, 9.17) is 17.3 Å². The number of nitrogens with two attached hydrogens (primary N) is 1. The van der Waals surface area contributed by atoms with E-state index in [2.05, 4.69) is 16.5 Å². The van der Waals surface area contributed by atoms with Gasteiger partial charge in [-0.15, -0.1) is 0 Å². The molecule has 2 atom stereocenters. The van der Waals surface area contributed by atoms with Crippen LogP contribution in [0.3, 0.4) is 0 Å².